The molecule has 2 saturated heterocycles. The summed E-state index contributed by atoms with van der Waals surface area (Å²) in [5.41, 5.74) is 0.882. The minimum absolute atomic E-state index is 0.432. The highest BCUT2D eigenvalue weighted by molar-refractivity contribution is 7.89. The van der Waals surface area contributed by atoms with E-state index in [9.17, 15) is 8.42 Å². The molecule has 1 aromatic rings. The molecule has 1 N–H and O–H groups in total. The Morgan fingerprint density at radius 1 is 1.22 bits per heavy atom. The Labute approximate surface area is 138 Å². The molecule has 0 amide bonds. The van der Waals surface area contributed by atoms with Gasteiger partial charge < -0.3 is 10.1 Å². The van der Waals surface area contributed by atoms with Crippen molar-refractivity contribution in [2.45, 2.75) is 24.4 Å². The molecule has 0 saturated carbocycles. The second-order valence-corrected chi connectivity index (χ2v) is 8.12. The molecular weight excluding hydrogens is 314 g/mol. The van der Waals surface area contributed by atoms with E-state index in [1.807, 2.05) is 12.1 Å². The van der Waals surface area contributed by atoms with Gasteiger partial charge in [0, 0.05) is 45.3 Å². The average Bonchev–Trinajstić information content (AvgIpc) is 2.56. The maximum Gasteiger partial charge on any atom is 0.243 e. The Kier molecular flexibility index (Phi) is 5.33. The Morgan fingerprint density at radius 2 is 1.96 bits per heavy atom. The van der Waals surface area contributed by atoms with E-state index >= 15 is 0 Å². The highest BCUT2D eigenvalue weighted by Gasteiger charge is 2.29. The summed E-state index contributed by atoms with van der Waals surface area (Å²) in [6, 6.07) is 7.81. The van der Waals surface area contributed by atoms with Crippen LogP contribution < -0.4 is 5.32 Å². The predicted molar refractivity (Wildman–Crippen MR) is 88.8 cm³/mol. The van der Waals surface area contributed by atoms with Crippen LogP contribution in [0.5, 0.6) is 0 Å². The summed E-state index contributed by atoms with van der Waals surface area (Å²) in [5, 5.41) is 3.41. The SMILES string of the molecule is C[C@@H]1CN(Cc2ccccc2S(=O)(=O)N2CCOCC2)CCN1. The summed E-state index contributed by atoms with van der Waals surface area (Å²) in [4.78, 5) is 2.75. The first kappa shape index (κ1) is 16.9. The number of benzene rings is 1. The molecule has 2 aliphatic rings. The number of nitrogens with zero attached hydrogens (tertiary/aromatic N) is 2. The van der Waals surface area contributed by atoms with Gasteiger partial charge in [0.05, 0.1) is 18.1 Å². The number of sulfonamides is 1. The van der Waals surface area contributed by atoms with Crippen LogP contribution in [-0.4, -0.2) is 69.6 Å². The molecule has 2 heterocycles. The largest absolute Gasteiger partial charge is 0.379 e. The number of ether oxygens (including phenoxy) is 1. The third-order valence-electron chi connectivity index (χ3n) is 4.41. The van der Waals surface area contributed by atoms with E-state index in [1.165, 1.54) is 4.31 Å². The smallest absolute Gasteiger partial charge is 0.243 e. The number of morpholine rings is 1. The third kappa shape index (κ3) is 3.92. The summed E-state index contributed by atoms with van der Waals surface area (Å²) in [7, 11) is -3.45. The van der Waals surface area contributed by atoms with Gasteiger partial charge in [0.1, 0.15) is 0 Å². The summed E-state index contributed by atoms with van der Waals surface area (Å²) in [6.07, 6.45) is 0. The molecule has 0 unspecified atom stereocenters. The van der Waals surface area contributed by atoms with Crippen LogP contribution in [0.2, 0.25) is 0 Å². The zero-order valence-corrected chi connectivity index (χ0v) is 14.4. The molecule has 2 aliphatic heterocycles. The van der Waals surface area contributed by atoms with Gasteiger partial charge in [-0.2, -0.15) is 4.31 Å². The van der Waals surface area contributed by atoms with E-state index in [1.54, 1.807) is 12.1 Å². The van der Waals surface area contributed by atoms with E-state index in [4.69, 9.17) is 4.74 Å². The molecule has 0 aromatic heterocycles. The van der Waals surface area contributed by atoms with Gasteiger partial charge in [0.25, 0.3) is 0 Å². The van der Waals surface area contributed by atoms with Gasteiger partial charge in [-0.25, -0.2) is 8.42 Å². The van der Waals surface area contributed by atoms with Crippen LogP contribution in [0, 0.1) is 0 Å². The fraction of sp³-hybridized carbons (Fsp3) is 0.625. The first-order valence-corrected chi connectivity index (χ1v) is 9.63. The van der Waals surface area contributed by atoms with Crippen molar-refractivity contribution >= 4 is 10.0 Å². The maximum atomic E-state index is 13.0. The lowest BCUT2D eigenvalue weighted by Crippen LogP contribution is -2.48. The summed E-state index contributed by atoms with van der Waals surface area (Å²) >= 11 is 0. The molecule has 1 atom stereocenters. The average molecular weight is 339 g/mol. The third-order valence-corrected chi connectivity index (χ3v) is 6.41. The van der Waals surface area contributed by atoms with E-state index in [2.05, 4.69) is 17.1 Å². The van der Waals surface area contributed by atoms with Crippen LogP contribution in [0.25, 0.3) is 0 Å². The Bertz CT molecular complexity index is 629. The molecule has 7 heteroatoms. The zero-order chi connectivity index (χ0) is 16.3. The standard InChI is InChI=1S/C16H25N3O3S/c1-14-12-18(7-6-17-14)13-15-4-2-3-5-16(15)23(20,21)19-8-10-22-11-9-19/h2-5,14,17H,6-13H2,1H3/t14-/m1/s1. The minimum atomic E-state index is -3.45. The molecule has 128 valence electrons. The second-order valence-electron chi connectivity index (χ2n) is 6.21. The number of rotatable bonds is 4. The van der Waals surface area contributed by atoms with Gasteiger partial charge >= 0.3 is 0 Å². The number of nitrogens with one attached hydrogen (secondary N) is 1. The highest BCUT2D eigenvalue weighted by Crippen LogP contribution is 2.22. The lowest BCUT2D eigenvalue weighted by Gasteiger charge is -2.33. The van der Waals surface area contributed by atoms with Crippen molar-refractivity contribution in [2.75, 3.05) is 45.9 Å². The maximum absolute atomic E-state index is 13.0. The normalized spacial score (nSPS) is 24.7. The quantitative estimate of drug-likeness (QED) is 0.866. The molecule has 1 aromatic carbocycles. The number of piperazine rings is 1. The van der Waals surface area contributed by atoms with E-state index in [-0.39, 0.29) is 0 Å². The fourth-order valence-corrected chi connectivity index (χ4v) is 4.83. The lowest BCUT2D eigenvalue weighted by molar-refractivity contribution is 0.0730. The molecule has 0 radical (unpaired) electrons. The van der Waals surface area contributed by atoms with Crippen LogP contribution in [0.4, 0.5) is 0 Å². The summed E-state index contributed by atoms with van der Waals surface area (Å²) < 4.78 is 32.7. The van der Waals surface area contributed by atoms with Crippen LogP contribution in [0.15, 0.2) is 29.2 Å². The van der Waals surface area contributed by atoms with Crippen molar-refractivity contribution in [3.8, 4) is 0 Å². The van der Waals surface area contributed by atoms with Crippen molar-refractivity contribution in [3.05, 3.63) is 29.8 Å². The van der Waals surface area contributed by atoms with Gasteiger partial charge in [-0.15, -0.1) is 0 Å². The van der Waals surface area contributed by atoms with Gasteiger partial charge in [-0.3, -0.25) is 4.90 Å². The Balaban J connectivity index is 1.82. The van der Waals surface area contributed by atoms with E-state index < -0.39 is 10.0 Å². The van der Waals surface area contributed by atoms with Crippen LogP contribution >= 0.6 is 0 Å². The topological polar surface area (TPSA) is 61.9 Å². The van der Waals surface area contributed by atoms with Crippen LogP contribution in [-0.2, 0) is 21.3 Å². The second kappa shape index (κ2) is 7.27. The van der Waals surface area contributed by atoms with Crippen LogP contribution in [0.1, 0.15) is 12.5 Å². The molecule has 3 rings (SSSR count). The Hall–Kier alpha value is -0.990. The van der Waals surface area contributed by atoms with Crippen molar-refractivity contribution in [1.29, 1.82) is 0 Å². The van der Waals surface area contributed by atoms with Crippen molar-refractivity contribution in [3.63, 3.8) is 0 Å². The number of hydrogen-bond donors (Lipinski definition) is 1. The molecule has 0 aliphatic carbocycles. The van der Waals surface area contributed by atoms with Gasteiger partial charge in [-0.1, -0.05) is 18.2 Å². The van der Waals surface area contributed by atoms with Gasteiger partial charge in [0.2, 0.25) is 10.0 Å². The predicted octanol–water partition coefficient (Wildman–Crippen LogP) is 0.501. The molecule has 0 bridgehead atoms. The fourth-order valence-electron chi connectivity index (χ4n) is 3.21. The summed E-state index contributed by atoms with van der Waals surface area (Å²) in [6.45, 7) is 7.45. The van der Waals surface area contributed by atoms with Crippen molar-refractivity contribution in [2.24, 2.45) is 0 Å². The molecule has 2 fully saturated rings. The van der Waals surface area contributed by atoms with E-state index in [0.717, 1.165) is 25.2 Å². The van der Waals surface area contributed by atoms with Crippen molar-refractivity contribution in [1.82, 2.24) is 14.5 Å². The van der Waals surface area contributed by atoms with Gasteiger partial charge in [-0.05, 0) is 18.6 Å². The molecule has 6 nitrogen and oxygen atoms in total. The molecular formula is C16H25N3O3S. The number of hydrogen-bond acceptors (Lipinski definition) is 5. The van der Waals surface area contributed by atoms with Crippen molar-refractivity contribution < 1.29 is 13.2 Å². The zero-order valence-electron chi connectivity index (χ0n) is 13.6. The molecule has 23 heavy (non-hydrogen) atoms. The monoisotopic (exact) mass is 339 g/mol. The van der Waals surface area contributed by atoms with Crippen LogP contribution in [0.3, 0.4) is 0 Å². The summed E-state index contributed by atoms with van der Waals surface area (Å²) in [5.74, 6) is 0. The first-order chi connectivity index (χ1) is 11.1. The minimum Gasteiger partial charge on any atom is -0.379 e. The highest BCUT2D eigenvalue weighted by atomic mass is 32.2. The van der Waals surface area contributed by atoms with Gasteiger partial charge in [0.15, 0.2) is 0 Å². The lowest BCUT2D eigenvalue weighted by atomic mass is 10.1. The van der Waals surface area contributed by atoms with E-state index in [0.29, 0.717) is 43.8 Å². The first-order valence-electron chi connectivity index (χ1n) is 8.19. The Morgan fingerprint density at radius 3 is 2.70 bits per heavy atom. The molecule has 0 spiro atoms.